The van der Waals surface area contributed by atoms with Gasteiger partial charge >= 0.3 is 0 Å². The summed E-state index contributed by atoms with van der Waals surface area (Å²) in [7, 11) is -2.30. The van der Waals surface area contributed by atoms with E-state index in [-0.39, 0.29) is 23.3 Å². The predicted molar refractivity (Wildman–Crippen MR) is 120 cm³/mol. The average molecular weight is 471 g/mol. The number of carbonyl (C=O) groups is 1. The SMILES string of the molecule is CN([C@H]1C2CCC(C2)[C@H]1C(=O)NO)S(=O)(=O)c1ccc(OCc2nc3ccccc3[nH]2)cc1. The Labute approximate surface area is 191 Å². The highest BCUT2D eigenvalue weighted by Gasteiger charge is 2.54. The number of ether oxygens (including phenoxy) is 1. The Bertz CT molecular complexity index is 1240. The van der Waals surface area contributed by atoms with E-state index in [1.807, 2.05) is 24.3 Å². The predicted octanol–water partition coefficient (Wildman–Crippen LogP) is 2.68. The molecule has 2 unspecified atom stereocenters. The molecular formula is C23H26N4O5S. The molecule has 1 aromatic heterocycles. The number of nitrogens with zero attached hydrogens (tertiary/aromatic N) is 2. The topological polar surface area (TPSA) is 125 Å². The lowest BCUT2D eigenvalue weighted by Crippen LogP contribution is -2.50. The Morgan fingerprint density at radius 2 is 1.91 bits per heavy atom. The smallest absolute Gasteiger partial charge is 0.248 e. The molecule has 0 spiro atoms. The van der Waals surface area contributed by atoms with Crippen LogP contribution in [-0.4, -0.2) is 46.9 Å². The Morgan fingerprint density at radius 1 is 1.18 bits per heavy atom. The van der Waals surface area contributed by atoms with Crippen LogP contribution in [0.4, 0.5) is 0 Å². The molecule has 0 saturated heterocycles. The Balaban J connectivity index is 1.30. The first kappa shape index (κ1) is 21.9. The largest absolute Gasteiger partial charge is 0.486 e. The number of hydrogen-bond donors (Lipinski definition) is 3. The number of amides is 1. The van der Waals surface area contributed by atoms with Crippen LogP contribution < -0.4 is 10.2 Å². The number of rotatable bonds is 7. The zero-order valence-corrected chi connectivity index (χ0v) is 19.0. The van der Waals surface area contributed by atoms with Crippen LogP contribution >= 0.6 is 0 Å². The zero-order chi connectivity index (χ0) is 23.2. The molecule has 0 radical (unpaired) electrons. The Morgan fingerprint density at radius 3 is 2.64 bits per heavy atom. The Kier molecular flexibility index (Phi) is 5.59. The molecule has 33 heavy (non-hydrogen) atoms. The monoisotopic (exact) mass is 470 g/mol. The van der Waals surface area contributed by atoms with Crippen molar-refractivity contribution in [2.24, 2.45) is 17.8 Å². The molecule has 1 heterocycles. The first-order valence-corrected chi connectivity index (χ1v) is 12.4. The van der Waals surface area contributed by atoms with Crippen LogP contribution in [0.25, 0.3) is 11.0 Å². The molecule has 2 fully saturated rings. The van der Waals surface area contributed by atoms with Gasteiger partial charge in [-0.3, -0.25) is 10.0 Å². The van der Waals surface area contributed by atoms with Crippen molar-refractivity contribution in [3.63, 3.8) is 0 Å². The summed E-state index contributed by atoms with van der Waals surface area (Å²) in [5.74, 6) is 0.359. The number of sulfonamides is 1. The average Bonchev–Trinajstić information content (AvgIpc) is 3.56. The van der Waals surface area contributed by atoms with E-state index in [0.717, 1.165) is 30.3 Å². The molecule has 3 aromatic rings. The van der Waals surface area contributed by atoms with Gasteiger partial charge in [0, 0.05) is 13.1 Å². The fourth-order valence-corrected chi connectivity index (χ4v) is 6.92. The van der Waals surface area contributed by atoms with Gasteiger partial charge in [0.15, 0.2) is 0 Å². The number of para-hydroxylation sites is 2. The second-order valence-corrected chi connectivity index (χ2v) is 10.8. The van der Waals surface area contributed by atoms with Gasteiger partial charge < -0.3 is 9.72 Å². The van der Waals surface area contributed by atoms with Crippen LogP contribution in [0.15, 0.2) is 53.4 Å². The van der Waals surface area contributed by atoms with E-state index in [9.17, 15) is 13.2 Å². The minimum absolute atomic E-state index is 0.0961. The standard InChI is InChI=1S/C23H26N4O5S/c1-27(22-15-7-6-14(12-15)21(22)23(28)26-29)33(30,31)17-10-8-16(9-11-17)32-13-20-24-18-4-2-3-5-19(18)25-20/h2-5,8-11,14-15,21-22,29H,6-7,12-13H2,1H3,(H,24,25)(H,26,28)/t14?,15?,21-,22+/m1/s1. The molecule has 2 saturated carbocycles. The normalized spacial score (nSPS) is 24.5. The summed E-state index contributed by atoms with van der Waals surface area (Å²) < 4.78 is 33.7. The summed E-state index contributed by atoms with van der Waals surface area (Å²) >= 11 is 0. The van der Waals surface area contributed by atoms with Gasteiger partial charge in [-0.15, -0.1) is 0 Å². The third-order valence-electron chi connectivity index (χ3n) is 7.02. The van der Waals surface area contributed by atoms with E-state index >= 15 is 0 Å². The van der Waals surface area contributed by atoms with Crippen LogP contribution in [0.1, 0.15) is 25.1 Å². The second-order valence-electron chi connectivity index (χ2n) is 8.81. The van der Waals surface area contributed by atoms with Crippen LogP contribution in [-0.2, 0) is 21.4 Å². The zero-order valence-electron chi connectivity index (χ0n) is 18.1. The van der Waals surface area contributed by atoms with E-state index in [0.29, 0.717) is 11.6 Å². The maximum absolute atomic E-state index is 13.3. The quantitative estimate of drug-likeness (QED) is 0.360. The van der Waals surface area contributed by atoms with Gasteiger partial charge in [0.25, 0.3) is 0 Å². The summed E-state index contributed by atoms with van der Waals surface area (Å²) in [6, 6.07) is 13.5. The van der Waals surface area contributed by atoms with Gasteiger partial charge in [0.05, 0.1) is 21.8 Å². The van der Waals surface area contributed by atoms with Crippen molar-refractivity contribution in [3.8, 4) is 5.75 Å². The van der Waals surface area contributed by atoms with Gasteiger partial charge in [0.1, 0.15) is 18.2 Å². The van der Waals surface area contributed by atoms with E-state index in [1.165, 1.54) is 23.5 Å². The molecule has 1 amide bonds. The summed E-state index contributed by atoms with van der Waals surface area (Å²) in [6.45, 7) is 0.226. The van der Waals surface area contributed by atoms with E-state index in [4.69, 9.17) is 9.94 Å². The third-order valence-corrected chi connectivity index (χ3v) is 8.89. The lowest BCUT2D eigenvalue weighted by atomic mass is 9.84. The summed E-state index contributed by atoms with van der Waals surface area (Å²) in [6.07, 6.45) is 2.57. The first-order chi connectivity index (χ1) is 15.9. The van der Waals surface area contributed by atoms with Gasteiger partial charge in [-0.2, -0.15) is 4.31 Å². The molecule has 2 aliphatic rings. The molecular weight excluding hydrogens is 444 g/mol. The van der Waals surface area contributed by atoms with Gasteiger partial charge in [-0.25, -0.2) is 18.9 Å². The van der Waals surface area contributed by atoms with E-state index in [1.54, 1.807) is 17.6 Å². The lowest BCUT2D eigenvalue weighted by Gasteiger charge is -2.35. The number of fused-ring (bicyclic) bond motifs is 3. The first-order valence-electron chi connectivity index (χ1n) is 11.0. The van der Waals surface area contributed by atoms with E-state index < -0.39 is 27.9 Å². The molecule has 174 valence electrons. The minimum Gasteiger partial charge on any atom is -0.486 e. The van der Waals surface area contributed by atoms with E-state index in [2.05, 4.69) is 9.97 Å². The van der Waals surface area contributed by atoms with Crippen LogP contribution in [0.3, 0.4) is 0 Å². The molecule has 0 aliphatic heterocycles. The number of imidazole rings is 1. The van der Waals surface area contributed by atoms with Crippen molar-refractivity contribution >= 4 is 27.0 Å². The van der Waals surface area contributed by atoms with Crippen molar-refractivity contribution < 1.29 is 23.2 Å². The highest BCUT2D eigenvalue weighted by molar-refractivity contribution is 7.89. The van der Waals surface area contributed by atoms with Gasteiger partial charge in [-0.05, 0) is 67.5 Å². The molecule has 2 bridgehead atoms. The third kappa shape index (κ3) is 3.88. The summed E-state index contributed by atoms with van der Waals surface area (Å²) in [5.41, 5.74) is 3.51. The number of carbonyl (C=O) groups excluding carboxylic acids is 1. The fourth-order valence-electron chi connectivity index (χ4n) is 5.49. The summed E-state index contributed by atoms with van der Waals surface area (Å²) in [4.78, 5) is 20.1. The minimum atomic E-state index is -3.82. The number of benzene rings is 2. The van der Waals surface area contributed by atoms with Crippen LogP contribution in [0.5, 0.6) is 5.75 Å². The number of hydrogen-bond acceptors (Lipinski definition) is 6. The maximum Gasteiger partial charge on any atom is 0.248 e. The number of aromatic amines is 1. The van der Waals surface area contributed by atoms with Crippen molar-refractivity contribution in [1.82, 2.24) is 19.8 Å². The van der Waals surface area contributed by atoms with Crippen molar-refractivity contribution in [2.45, 2.75) is 36.8 Å². The van der Waals surface area contributed by atoms with Crippen molar-refractivity contribution in [1.29, 1.82) is 0 Å². The van der Waals surface area contributed by atoms with Crippen LogP contribution in [0, 0.1) is 17.8 Å². The van der Waals surface area contributed by atoms with Crippen molar-refractivity contribution in [2.75, 3.05) is 7.05 Å². The molecule has 3 N–H and O–H groups in total. The molecule has 5 rings (SSSR count). The molecule has 2 aromatic carbocycles. The lowest BCUT2D eigenvalue weighted by molar-refractivity contribution is -0.136. The Hall–Kier alpha value is -2.95. The summed E-state index contributed by atoms with van der Waals surface area (Å²) in [5, 5.41) is 9.16. The maximum atomic E-state index is 13.3. The number of nitrogens with one attached hydrogen (secondary N) is 2. The molecule has 4 atom stereocenters. The van der Waals surface area contributed by atoms with Gasteiger partial charge in [0.2, 0.25) is 15.9 Å². The molecule has 2 aliphatic carbocycles. The highest BCUT2D eigenvalue weighted by Crippen LogP contribution is 2.51. The fraction of sp³-hybridized carbons (Fsp3) is 0.391. The second kappa shape index (κ2) is 8.44. The van der Waals surface area contributed by atoms with Gasteiger partial charge in [-0.1, -0.05) is 12.1 Å². The molecule has 9 nitrogen and oxygen atoms in total. The number of hydroxylamine groups is 1. The highest BCUT2D eigenvalue weighted by atomic mass is 32.2. The molecule has 10 heteroatoms. The van der Waals surface area contributed by atoms with Crippen molar-refractivity contribution in [3.05, 3.63) is 54.4 Å². The number of H-pyrrole nitrogens is 1. The van der Waals surface area contributed by atoms with Crippen LogP contribution in [0.2, 0.25) is 0 Å². The number of aromatic nitrogens is 2.